The van der Waals surface area contributed by atoms with E-state index in [9.17, 15) is 26.3 Å². The van der Waals surface area contributed by atoms with Crippen molar-refractivity contribution in [3.05, 3.63) is 65.7 Å². The van der Waals surface area contributed by atoms with Crippen LogP contribution in [0.25, 0.3) is 17.0 Å². The summed E-state index contributed by atoms with van der Waals surface area (Å²) in [4.78, 5) is 9.64. The van der Waals surface area contributed by atoms with Crippen LogP contribution in [0.5, 0.6) is 5.75 Å². The monoisotopic (exact) mass is 484 g/mol. The zero-order chi connectivity index (χ0) is 24.9. The number of para-hydroxylation sites is 1. The number of nitrogens with zero attached hydrogens (tertiary/aromatic N) is 5. The van der Waals surface area contributed by atoms with Crippen LogP contribution in [0.15, 0.2) is 53.8 Å². The molecule has 0 aliphatic rings. The summed E-state index contributed by atoms with van der Waals surface area (Å²) < 4.78 is 81.4. The van der Waals surface area contributed by atoms with Crippen molar-refractivity contribution in [2.24, 2.45) is 4.99 Å². The number of ether oxygens (including phenoxy) is 1. The molecule has 2 aromatic heterocycles. The lowest BCUT2D eigenvalue weighted by molar-refractivity contribution is -0.274. The molecule has 0 aliphatic heterocycles. The van der Waals surface area contributed by atoms with E-state index in [1.165, 1.54) is 42.7 Å². The average Bonchev–Trinajstić information content (AvgIpc) is 3.27. The lowest BCUT2D eigenvalue weighted by Gasteiger charge is -2.17. The zero-order valence-electron chi connectivity index (χ0n) is 17.7. The standard InChI is InChI=1S/C21H18F6N6O/c1-28-16(12-33(2)10-8-13-5-3-4-6-17(13)34-21(25,26)27)15-11-14(7-9-29-15)18-19(20(22,23)24)31-32-30-18/h3-7,9,11-12H,1,8,10H2,2H3,(H,30,31,32)/b16-12-. The molecule has 7 nitrogen and oxygen atoms in total. The molecule has 0 atom stereocenters. The number of aromatic amines is 1. The summed E-state index contributed by atoms with van der Waals surface area (Å²) in [7, 11) is 1.65. The smallest absolute Gasteiger partial charge is 0.406 e. The van der Waals surface area contributed by atoms with Gasteiger partial charge in [0.05, 0.1) is 5.69 Å². The topological polar surface area (TPSA) is 79.3 Å². The predicted molar refractivity (Wildman–Crippen MR) is 112 cm³/mol. The second-order valence-corrected chi connectivity index (χ2v) is 7.02. The van der Waals surface area contributed by atoms with Gasteiger partial charge in [-0.1, -0.05) is 23.4 Å². The minimum atomic E-state index is -4.81. The Morgan fingerprint density at radius 3 is 2.59 bits per heavy atom. The van der Waals surface area contributed by atoms with Crippen molar-refractivity contribution in [3.63, 3.8) is 0 Å². The Hall–Kier alpha value is -3.90. The fraction of sp³-hybridized carbons (Fsp3) is 0.238. The van der Waals surface area contributed by atoms with E-state index in [0.29, 0.717) is 5.56 Å². The van der Waals surface area contributed by atoms with Crippen LogP contribution in [0.2, 0.25) is 0 Å². The van der Waals surface area contributed by atoms with Crippen molar-refractivity contribution >= 4 is 12.4 Å². The number of aliphatic imine (C=N–C) groups is 1. The number of aromatic nitrogens is 4. The van der Waals surface area contributed by atoms with Crippen molar-refractivity contribution in [1.29, 1.82) is 0 Å². The Bertz CT molecular complexity index is 1170. The van der Waals surface area contributed by atoms with E-state index in [1.54, 1.807) is 18.0 Å². The van der Waals surface area contributed by atoms with Gasteiger partial charge in [0.1, 0.15) is 17.1 Å². The van der Waals surface area contributed by atoms with Gasteiger partial charge >= 0.3 is 12.5 Å². The van der Waals surface area contributed by atoms with Gasteiger partial charge in [0.2, 0.25) is 0 Å². The van der Waals surface area contributed by atoms with E-state index in [4.69, 9.17) is 0 Å². The largest absolute Gasteiger partial charge is 0.573 e. The molecule has 1 N–H and O–H groups in total. The first kappa shape index (κ1) is 24.7. The summed E-state index contributed by atoms with van der Waals surface area (Å²) >= 11 is 0. The molecular weight excluding hydrogens is 466 g/mol. The highest BCUT2D eigenvalue weighted by molar-refractivity contribution is 5.70. The summed E-state index contributed by atoms with van der Waals surface area (Å²) in [5.41, 5.74) is -0.578. The van der Waals surface area contributed by atoms with Crippen LogP contribution in [0.1, 0.15) is 17.0 Å². The van der Waals surface area contributed by atoms with E-state index < -0.39 is 23.9 Å². The van der Waals surface area contributed by atoms with E-state index in [-0.39, 0.29) is 35.7 Å². The van der Waals surface area contributed by atoms with Crippen LogP contribution in [-0.4, -0.2) is 52.0 Å². The minimum absolute atomic E-state index is 0.113. The van der Waals surface area contributed by atoms with Crippen LogP contribution < -0.4 is 4.74 Å². The molecule has 13 heteroatoms. The third-order valence-corrected chi connectivity index (χ3v) is 4.57. The van der Waals surface area contributed by atoms with Gasteiger partial charge in [0.15, 0.2) is 5.69 Å². The first-order valence-corrected chi connectivity index (χ1v) is 9.65. The van der Waals surface area contributed by atoms with Crippen molar-refractivity contribution in [2.45, 2.75) is 19.0 Å². The van der Waals surface area contributed by atoms with Crippen molar-refractivity contribution < 1.29 is 31.1 Å². The number of H-pyrrole nitrogens is 1. The van der Waals surface area contributed by atoms with Gasteiger partial charge < -0.3 is 9.64 Å². The first-order chi connectivity index (χ1) is 16.0. The van der Waals surface area contributed by atoms with Gasteiger partial charge in [0, 0.05) is 31.6 Å². The summed E-state index contributed by atoms with van der Waals surface area (Å²) in [5.74, 6) is -0.295. The zero-order valence-corrected chi connectivity index (χ0v) is 17.7. The second kappa shape index (κ2) is 9.93. The normalized spacial score (nSPS) is 12.5. The molecule has 0 amide bonds. The maximum absolute atomic E-state index is 13.2. The maximum atomic E-state index is 13.2. The van der Waals surface area contributed by atoms with Crippen LogP contribution >= 0.6 is 0 Å². The molecule has 3 aromatic rings. The molecule has 0 bridgehead atoms. The van der Waals surface area contributed by atoms with Crippen molar-refractivity contribution in [1.82, 2.24) is 25.3 Å². The predicted octanol–water partition coefficient (Wildman–Crippen LogP) is 4.96. The number of halogens is 6. The number of hydrogen-bond acceptors (Lipinski definition) is 6. The lowest BCUT2D eigenvalue weighted by atomic mass is 10.1. The van der Waals surface area contributed by atoms with E-state index >= 15 is 0 Å². The number of alkyl halides is 6. The van der Waals surface area contributed by atoms with E-state index in [1.807, 2.05) is 5.10 Å². The Labute approximate surface area is 189 Å². The first-order valence-electron chi connectivity index (χ1n) is 9.65. The molecule has 0 fully saturated rings. The molecular formula is C21H18F6N6O. The summed E-state index contributed by atoms with van der Waals surface area (Å²) in [6, 6.07) is 8.48. The summed E-state index contributed by atoms with van der Waals surface area (Å²) in [6.45, 7) is 3.74. The fourth-order valence-electron chi connectivity index (χ4n) is 3.04. The van der Waals surface area contributed by atoms with Crippen LogP contribution in [0, 0.1) is 0 Å². The van der Waals surface area contributed by atoms with Crippen LogP contribution in [0.3, 0.4) is 0 Å². The molecule has 0 saturated carbocycles. The number of nitrogens with one attached hydrogen (secondary N) is 1. The molecule has 0 saturated heterocycles. The Kier molecular flexibility index (Phi) is 7.23. The van der Waals surface area contributed by atoms with Crippen molar-refractivity contribution in [3.8, 4) is 17.0 Å². The highest BCUT2D eigenvalue weighted by Gasteiger charge is 2.37. The maximum Gasteiger partial charge on any atom is 0.573 e. The lowest BCUT2D eigenvalue weighted by Crippen LogP contribution is -2.20. The van der Waals surface area contributed by atoms with E-state index in [2.05, 4.69) is 31.7 Å². The number of likely N-dealkylation sites (N-methyl/N-ethyl adjacent to an activating group) is 1. The number of hydrogen-bond donors (Lipinski definition) is 1. The number of rotatable bonds is 8. The molecule has 3 rings (SSSR count). The van der Waals surface area contributed by atoms with E-state index in [0.717, 1.165) is 0 Å². The van der Waals surface area contributed by atoms with Gasteiger partial charge in [-0.05, 0) is 36.9 Å². The summed E-state index contributed by atoms with van der Waals surface area (Å²) in [6.07, 6.45) is -6.45. The molecule has 180 valence electrons. The van der Waals surface area contributed by atoms with Gasteiger partial charge in [-0.3, -0.25) is 15.1 Å². The average molecular weight is 484 g/mol. The third kappa shape index (κ3) is 6.33. The second-order valence-electron chi connectivity index (χ2n) is 7.02. The Morgan fingerprint density at radius 2 is 1.91 bits per heavy atom. The molecule has 2 heterocycles. The highest BCUT2D eigenvalue weighted by atomic mass is 19.4. The minimum Gasteiger partial charge on any atom is -0.406 e. The number of pyridine rings is 1. The summed E-state index contributed by atoms with van der Waals surface area (Å²) in [5, 5.41) is 8.60. The molecule has 0 radical (unpaired) electrons. The molecule has 0 unspecified atom stereocenters. The Balaban J connectivity index is 1.79. The van der Waals surface area contributed by atoms with Gasteiger partial charge in [-0.25, -0.2) is 0 Å². The fourth-order valence-corrected chi connectivity index (χ4v) is 3.04. The van der Waals surface area contributed by atoms with Gasteiger partial charge in [-0.15, -0.1) is 18.3 Å². The molecule has 1 aromatic carbocycles. The SMILES string of the molecule is C=N/C(=C\N(C)CCc1ccccc1OC(F)(F)F)c1cc(-c2nn[nH]c2C(F)(F)F)ccn1. The van der Waals surface area contributed by atoms with Crippen molar-refractivity contribution in [2.75, 3.05) is 13.6 Å². The van der Waals surface area contributed by atoms with Crippen LogP contribution in [-0.2, 0) is 12.6 Å². The third-order valence-electron chi connectivity index (χ3n) is 4.57. The van der Waals surface area contributed by atoms with Gasteiger partial charge in [0.25, 0.3) is 0 Å². The molecule has 0 spiro atoms. The molecule has 34 heavy (non-hydrogen) atoms. The van der Waals surface area contributed by atoms with Gasteiger partial charge in [-0.2, -0.15) is 13.2 Å². The number of benzene rings is 1. The highest BCUT2D eigenvalue weighted by Crippen LogP contribution is 2.34. The molecule has 0 aliphatic carbocycles. The quantitative estimate of drug-likeness (QED) is 0.361. The van der Waals surface area contributed by atoms with Crippen LogP contribution in [0.4, 0.5) is 26.3 Å². The Morgan fingerprint density at radius 1 is 1.18 bits per heavy atom.